The van der Waals surface area contributed by atoms with Crippen LogP contribution < -0.4 is 10.6 Å². The Morgan fingerprint density at radius 1 is 1.10 bits per heavy atom. The first-order chi connectivity index (χ1) is 22.6. The van der Waals surface area contributed by atoms with Gasteiger partial charge in [0.25, 0.3) is 0 Å². The van der Waals surface area contributed by atoms with Gasteiger partial charge in [-0.3, -0.25) is 9.36 Å². The van der Waals surface area contributed by atoms with Gasteiger partial charge in [-0.05, 0) is 76.0 Å². The molecule has 1 aromatic heterocycles. The third kappa shape index (κ3) is 5.99. The van der Waals surface area contributed by atoms with E-state index in [0.29, 0.717) is 6.07 Å². The van der Waals surface area contributed by atoms with Gasteiger partial charge >= 0.3 is 11.9 Å². The van der Waals surface area contributed by atoms with Crippen molar-refractivity contribution < 1.29 is 35.2 Å². The summed E-state index contributed by atoms with van der Waals surface area (Å²) in [5, 5.41) is -0.229. The van der Waals surface area contributed by atoms with Crippen LogP contribution in [0.25, 0.3) is 22.0 Å². The number of nitrogens with zero attached hydrogens (tertiary/aromatic N) is 5. The number of benzene rings is 2. The summed E-state index contributed by atoms with van der Waals surface area (Å²) in [6.45, 7) is 10.1. The maximum atomic E-state index is 15.3. The molecule has 3 aliphatic heterocycles. The van der Waals surface area contributed by atoms with Crippen LogP contribution in [-0.4, -0.2) is 84.7 Å². The predicted octanol–water partition coefficient (Wildman–Crippen LogP) is 5.03. The molecule has 15 heteroatoms. The molecule has 2 aromatic carbocycles. The number of rotatable bonds is 6. The predicted molar refractivity (Wildman–Crippen MR) is 170 cm³/mol. The lowest BCUT2D eigenvalue weighted by molar-refractivity contribution is -0.137. The number of likely N-dealkylation sites (tertiary alicyclic amines) is 1. The number of amides is 1. The second-order valence-electron chi connectivity index (χ2n) is 12.8. The summed E-state index contributed by atoms with van der Waals surface area (Å²) in [6, 6.07) is 1.19. The van der Waals surface area contributed by atoms with Crippen molar-refractivity contribution in [1.29, 1.82) is 0 Å². The van der Waals surface area contributed by atoms with Crippen LogP contribution in [0.5, 0.6) is 0 Å². The van der Waals surface area contributed by atoms with Gasteiger partial charge in [-0.1, -0.05) is 13.5 Å². The van der Waals surface area contributed by atoms with Gasteiger partial charge in [-0.2, -0.15) is 18.2 Å². The van der Waals surface area contributed by atoms with Gasteiger partial charge in [0.15, 0.2) is 9.84 Å². The summed E-state index contributed by atoms with van der Waals surface area (Å²) in [6.07, 6.45) is -2.24. The van der Waals surface area contributed by atoms with Crippen LogP contribution in [0.1, 0.15) is 44.7 Å². The highest BCUT2D eigenvalue weighted by atomic mass is 32.2. The zero-order valence-electron chi connectivity index (χ0n) is 26.6. The van der Waals surface area contributed by atoms with Crippen LogP contribution in [0, 0.1) is 17.6 Å². The topological polar surface area (TPSA) is 95.8 Å². The fraction of sp³-hybridized carbons (Fsp3) is 0.485. The van der Waals surface area contributed by atoms with Crippen molar-refractivity contribution >= 4 is 32.5 Å². The highest BCUT2D eigenvalue weighted by Crippen LogP contribution is 2.49. The Morgan fingerprint density at radius 2 is 1.81 bits per heavy atom. The molecule has 0 radical (unpaired) electrons. The number of anilines is 1. The van der Waals surface area contributed by atoms with E-state index in [9.17, 15) is 35.6 Å². The first-order valence-electron chi connectivity index (χ1n) is 15.9. The number of carbonyl (C=O) groups is 1. The third-order valence-corrected chi connectivity index (χ3v) is 11.7. The SMILES string of the molecule is C=CC(=O)N1CCN(c2nc(=O)n3c4c(c(-c5ccc(F)cc5F)c(C(F)(F)F)cc24)S(=O)(=O)C[C@@H]3CC2CCN(CC)CC2)[C@@H](C)C1. The minimum absolute atomic E-state index is 0.0511. The number of alkyl halides is 3. The van der Waals surface area contributed by atoms with Crippen LogP contribution in [-0.2, 0) is 20.8 Å². The Morgan fingerprint density at radius 3 is 2.42 bits per heavy atom. The van der Waals surface area contributed by atoms with E-state index >= 15 is 4.39 Å². The quantitative estimate of drug-likeness (QED) is 0.264. The van der Waals surface area contributed by atoms with Crippen LogP contribution in [0.3, 0.4) is 0 Å². The molecule has 48 heavy (non-hydrogen) atoms. The summed E-state index contributed by atoms with van der Waals surface area (Å²) in [4.78, 5) is 35.2. The standard InChI is InChI=1S/C33H36F5N5O4S/c1-4-27(44)41-12-13-42(19(3)17-41)31-24-16-25(33(36,37)38)28(23-7-6-21(34)15-26(23)35)30-29(24)43(32(45)39-31)22(18-48(30,46)47)14-20-8-10-40(5-2)11-9-20/h4,6-7,15-16,19-20,22H,1,5,8-14,17-18H2,2-3H3/t19-,22-/m0/s1. The zero-order chi connectivity index (χ0) is 34.7. The van der Waals surface area contributed by atoms with Gasteiger partial charge in [0.05, 0.1) is 22.9 Å². The normalized spacial score (nSPS) is 21.9. The van der Waals surface area contributed by atoms with Crippen molar-refractivity contribution in [1.82, 2.24) is 19.4 Å². The van der Waals surface area contributed by atoms with E-state index in [4.69, 9.17) is 0 Å². The van der Waals surface area contributed by atoms with E-state index in [1.807, 2.05) is 6.92 Å². The van der Waals surface area contributed by atoms with Gasteiger partial charge in [0.1, 0.15) is 22.3 Å². The summed E-state index contributed by atoms with van der Waals surface area (Å²) in [5.41, 5.74) is -4.30. The minimum atomic E-state index is -5.18. The zero-order valence-corrected chi connectivity index (χ0v) is 27.4. The number of aromatic nitrogens is 2. The molecule has 2 atom stereocenters. The van der Waals surface area contributed by atoms with E-state index in [0.717, 1.165) is 56.8 Å². The van der Waals surface area contributed by atoms with E-state index in [1.54, 1.807) is 11.8 Å². The van der Waals surface area contributed by atoms with Crippen molar-refractivity contribution in [3.8, 4) is 11.1 Å². The lowest BCUT2D eigenvalue weighted by Crippen LogP contribution is -2.54. The van der Waals surface area contributed by atoms with Crippen molar-refractivity contribution in [2.24, 2.45) is 5.92 Å². The summed E-state index contributed by atoms with van der Waals surface area (Å²) >= 11 is 0. The van der Waals surface area contributed by atoms with Crippen molar-refractivity contribution in [2.45, 2.75) is 56.3 Å². The Kier molecular flexibility index (Phi) is 8.90. The fourth-order valence-corrected chi connectivity index (χ4v) is 9.50. The molecule has 0 bridgehead atoms. The Labute approximate surface area is 274 Å². The maximum absolute atomic E-state index is 15.3. The molecule has 0 N–H and O–H groups in total. The Balaban J connectivity index is 1.64. The second-order valence-corrected chi connectivity index (χ2v) is 14.8. The lowest BCUT2D eigenvalue weighted by Gasteiger charge is -2.41. The van der Waals surface area contributed by atoms with Gasteiger partial charge in [-0.25, -0.2) is 22.0 Å². The molecule has 9 nitrogen and oxygen atoms in total. The van der Waals surface area contributed by atoms with Crippen molar-refractivity contribution in [3.05, 3.63) is 64.6 Å². The number of hydrogen-bond donors (Lipinski definition) is 0. The Bertz CT molecular complexity index is 1960. The summed E-state index contributed by atoms with van der Waals surface area (Å²) in [7, 11) is -4.59. The minimum Gasteiger partial charge on any atom is -0.350 e. The summed E-state index contributed by atoms with van der Waals surface area (Å²) < 4.78 is 104. The van der Waals surface area contributed by atoms with Gasteiger partial charge in [0.2, 0.25) is 5.91 Å². The molecule has 4 heterocycles. The molecule has 2 saturated heterocycles. The number of hydrogen-bond acceptors (Lipinski definition) is 7. The van der Waals surface area contributed by atoms with Crippen molar-refractivity contribution in [3.63, 3.8) is 0 Å². The first kappa shape index (κ1) is 34.0. The average molecular weight is 694 g/mol. The highest BCUT2D eigenvalue weighted by Gasteiger charge is 2.45. The molecule has 1 amide bonds. The molecule has 0 unspecified atom stereocenters. The van der Waals surface area contributed by atoms with Gasteiger partial charge < -0.3 is 14.7 Å². The fourth-order valence-electron chi connectivity index (χ4n) is 7.51. The molecule has 3 aliphatic rings. The van der Waals surface area contributed by atoms with Gasteiger partial charge in [-0.15, -0.1) is 0 Å². The van der Waals surface area contributed by atoms with E-state index in [1.165, 1.54) is 9.47 Å². The monoisotopic (exact) mass is 693 g/mol. The van der Waals surface area contributed by atoms with Crippen LogP contribution in [0.2, 0.25) is 0 Å². The van der Waals surface area contributed by atoms with E-state index < -0.39 is 72.8 Å². The Hall–Kier alpha value is -3.85. The third-order valence-electron chi connectivity index (χ3n) is 9.88. The molecule has 0 saturated carbocycles. The number of sulfone groups is 1. The molecule has 0 aliphatic carbocycles. The smallest absolute Gasteiger partial charge is 0.350 e. The number of piperazine rings is 1. The largest absolute Gasteiger partial charge is 0.417 e. The van der Waals surface area contributed by atoms with Crippen LogP contribution in [0.4, 0.5) is 27.8 Å². The van der Waals surface area contributed by atoms with Gasteiger partial charge in [0, 0.05) is 48.3 Å². The average Bonchev–Trinajstić information content (AvgIpc) is 3.02. The lowest BCUT2D eigenvalue weighted by atomic mass is 9.90. The molecule has 3 aromatic rings. The first-order valence-corrected chi connectivity index (χ1v) is 17.6. The summed E-state index contributed by atoms with van der Waals surface area (Å²) in [5.74, 6) is -3.56. The van der Waals surface area contributed by atoms with E-state index in [-0.39, 0.29) is 54.6 Å². The number of halogens is 5. The van der Waals surface area contributed by atoms with Crippen LogP contribution in [0.15, 0.2) is 46.6 Å². The van der Waals surface area contributed by atoms with Crippen LogP contribution >= 0.6 is 0 Å². The molecule has 6 rings (SSSR count). The molecular weight excluding hydrogens is 657 g/mol. The molecular formula is C33H36F5N5O4S. The second kappa shape index (κ2) is 12.6. The van der Waals surface area contributed by atoms with E-state index in [2.05, 4.69) is 16.5 Å². The maximum Gasteiger partial charge on any atom is 0.417 e. The molecule has 258 valence electrons. The number of piperidine rings is 1. The highest BCUT2D eigenvalue weighted by molar-refractivity contribution is 7.91. The number of carbonyl (C=O) groups excluding carboxylic acids is 1. The molecule has 0 spiro atoms. The molecule has 2 fully saturated rings. The van der Waals surface area contributed by atoms with Crippen molar-refractivity contribution in [2.75, 3.05) is 49.9 Å².